The number of amides is 1. The number of hydrogen-bond acceptors (Lipinski definition) is 7. The number of nitriles is 2. The van der Waals surface area contributed by atoms with Gasteiger partial charge in [-0.1, -0.05) is 34.9 Å². The Bertz CT molecular complexity index is 1530. The van der Waals surface area contributed by atoms with Gasteiger partial charge >= 0.3 is 6.18 Å². The molecule has 2 N–H and O–H groups in total. The number of nitrogens with zero attached hydrogens (tertiary/aromatic N) is 4. The predicted octanol–water partition coefficient (Wildman–Crippen LogP) is 2.22. The van der Waals surface area contributed by atoms with E-state index in [1.54, 1.807) is 19.1 Å². The number of halogens is 3. The van der Waals surface area contributed by atoms with Crippen molar-refractivity contribution in [2.24, 2.45) is 5.92 Å². The molecule has 0 spiro atoms. The zero-order valence-corrected chi connectivity index (χ0v) is 22.1. The Labute approximate surface area is 227 Å². The molecule has 3 rings (SSSR count). The molecular weight excluding hydrogens is 529 g/mol. The van der Waals surface area contributed by atoms with Gasteiger partial charge in [0.25, 0.3) is 11.5 Å². The van der Waals surface area contributed by atoms with E-state index in [1.165, 1.54) is 10.8 Å². The van der Waals surface area contributed by atoms with Crippen LogP contribution < -0.4 is 25.4 Å². The molecular formula is C27H27F3N6O2S. The summed E-state index contributed by atoms with van der Waals surface area (Å²) in [6.07, 6.45) is -1.66. The molecule has 0 radical (unpaired) electrons. The lowest BCUT2D eigenvalue weighted by Crippen LogP contribution is -2.39. The summed E-state index contributed by atoms with van der Waals surface area (Å²) in [7, 11) is 0. The number of carbonyl (C=O) groups excluding carboxylic acids is 1. The fraction of sp³-hybridized carbons (Fsp3) is 0.407. The van der Waals surface area contributed by atoms with E-state index < -0.39 is 18.0 Å². The molecule has 0 aliphatic carbocycles. The SMILES string of the molecule is CCn1c(=C=C(C#N)C(=O)NCC#N)sc(=C=CNc2cccc(CCN3CCC(C(F)(F)F)CC3)c2)c1=O. The maximum Gasteiger partial charge on any atom is 0.391 e. The van der Waals surface area contributed by atoms with Crippen LogP contribution in [-0.4, -0.2) is 47.7 Å². The normalized spacial score (nSPS) is 13.9. The number of carbonyl (C=O) groups is 1. The Balaban J connectivity index is 1.73. The minimum absolute atomic E-state index is 0.135. The van der Waals surface area contributed by atoms with Crippen LogP contribution in [0, 0.1) is 28.6 Å². The number of likely N-dealkylation sites (tertiary alicyclic amines) is 1. The zero-order valence-electron chi connectivity index (χ0n) is 21.3. The van der Waals surface area contributed by atoms with E-state index in [4.69, 9.17) is 5.26 Å². The third kappa shape index (κ3) is 8.22. The van der Waals surface area contributed by atoms with E-state index in [0.29, 0.717) is 32.6 Å². The highest BCUT2D eigenvalue weighted by Crippen LogP contribution is 2.34. The molecule has 204 valence electrons. The molecule has 1 saturated heterocycles. The van der Waals surface area contributed by atoms with E-state index in [-0.39, 0.29) is 39.7 Å². The van der Waals surface area contributed by atoms with Crippen molar-refractivity contribution >= 4 is 34.4 Å². The molecule has 1 aliphatic heterocycles. The largest absolute Gasteiger partial charge is 0.391 e. The number of anilines is 1. The maximum absolute atomic E-state index is 12.9. The van der Waals surface area contributed by atoms with Gasteiger partial charge in [0.2, 0.25) is 0 Å². The van der Waals surface area contributed by atoms with Gasteiger partial charge in [-0.2, -0.15) is 23.7 Å². The monoisotopic (exact) mass is 556 g/mol. The van der Waals surface area contributed by atoms with Crippen LogP contribution in [0.1, 0.15) is 25.3 Å². The van der Waals surface area contributed by atoms with E-state index >= 15 is 0 Å². The van der Waals surface area contributed by atoms with Crippen LogP contribution in [0.25, 0.3) is 11.5 Å². The zero-order chi connectivity index (χ0) is 28.4. The summed E-state index contributed by atoms with van der Waals surface area (Å²) in [5.74, 6) is -1.96. The molecule has 2 aromatic rings. The average Bonchev–Trinajstić information content (AvgIpc) is 3.22. The molecule has 1 fully saturated rings. The van der Waals surface area contributed by atoms with Crippen LogP contribution in [0.4, 0.5) is 18.9 Å². The fourth-order valence-corrected chi connectivity index (χ4v) is 5.09. The minimum atomic E-state index is -4.12. The number of hydrogen-bond donors (Lipinski definition) is 2. The summed E-state index contributed by atoms with van der Waals surface area (Å²) < 4.78 is 40.5. The quantitative estimate of drug-likeness (QED) is 0.293. The summed E-state index contributed by atoms with van der Waals surface area (Å²) in [6.45, 7) is 3.33. The van der Waals surface area contributed by atoms with Crippen molar-refractivity contribution in [2.45, 2.75) is 38.9 Å². The first kappa shape index (κ1) is 29.5. The molecule has 1 aliphatic rings. The second-order valence-corrected chi connectivity index (χ2v) is 9.78. The van der Waals surface area contributed by atoms with Crippen LogP contribution in [0.5, 0.6) is 0 Å². The van der Waals surface area contributed by atoms with Gasteiger partial charge in [0.15, 0.2) is 5.57 Å². The molecule has 1 aromatic carbocycles. The van der Waals surface area contributed by atoms with Crippen molar-refractivity contribution in [2.75, 3.05) is 31.5 Å². The van der Waals surface area contributed by atoms with Gasteiger partial charge in [-0.25, -0.2) is 0 Å². The third-order valence-electron chi connectivity index (χ3n) is 6.23. The Morgan fingerprint density at radius 1 is 1.26 bits per heavy atom. The molecule has 2 heterocycles. The number of thiazole rings is 1. The molecule has 0 atom stereocenters. The molecule has 12 heteroatoms. The average molecular weight is 557 g/mol. The van der Waals surface area contributed by atoms with Gasteiger partial charge in [-0.15, -0.1) is 0 Å². The number of piperidine rings is 1. The van der Waals surface area contributed by atoms with Gasteiger partial charge < -0.3 is 15.5 Å². The number of rotatable bonds is 8. The van der Waals surface area contributed by atoms with Crippen LogP contribution in [0.2, 0.25) is 0 Å². The fourth-order valence-electron chi connectivity index (χ4n) is 4.10. The summed E-state index contributed by atoms with van der Waals surface area (Å²) in [5.41, 5.74) is 6.66. The first-order valence-corrected chi connectivity index (χ1v) is 13.1. The Kier molecular flexibility index (Phi) is 10.3. The van der Waals surface area contributed by atoms with Crippen molar-refractivity contribution in [3.05, 3.63) is 61.2 Å². The van der Waals surface area contributed by atoms with E-state index in [1.807, 2.05) is 24.3 Å². The Hall–Kier alpha value is -4.05. The molecule has 39 heavy (non-hydrogen) atoms. The Morgan fingerprint density at radius 2 is 2.00 bits per heavy atom. The number of benzene rings is 1. The first-order valence-electron chi connectivity index (χ1n) is 12.3. The van der Waals surface area contributed by atoms with Crippen molar-refractivity contribution in [1.29, 1.82) is 10.5 Å². The second kappa shape index (κ2) is 13.7. The summed E-state index contributed by atoms with van der Waals surface area (Å²) >= 11 is 1.02. The van der Waals surface area contributed by atoms with Gasteiger partial charge in [0, 0.05) is 25.0 Å². The van der Waals surface area contributed by atoms with Crippen molar-refractivity contribution in [1.82, 2.24) is 14.8 Å². The molecule has 1 amide bonds. The smallest absolute Gasteiger partial charge is 0.355 e. The van der Waals surface area contributed by atoms with E-state index in [9.17, 15) is 28.0 Å². The van der Waals surface area contributed by atoms with Crippen LogP contribution >= 0.6 is 11.3 Å². The van der Waals surface area contributed by atoms with E-state index in [2.05, 4.69) is 27.0 Å². The van der Waals surface area contributed by atoms with Gasteiger partial charge in [-0.05, 0) is 57.0 Å². The lowest BCUT2D eigenvalue weighted by Gasteiger charge is -2.32. The van der Waals surface area contributed by atoms with Crippen molar-refractivity contribution < 1.29 is 18.0 Å². The number of alkyl halides is 3. The minimum Gasteiger partial charge on any atom is -0.355 e. The molecule has 1 aromatic heterocycles. The van der Waals surface area contributed by atoms with Gasteiger partial charge in [0.1, 0.15) is 21.8 Å². The molecule has 8 nitrogen and oxygen atoms in total. The van der Waals surface area contributed by atoms with E-state index in [0.717, 1.165) is 22.6 Å². The molecule has 0 saturated carbocycles. The topological polar surface area (TPSA) is 114 Å². The number of nitrogens with one attached hydrogen (secondary N) is 2. The lowest BCUT2D eigenvalue weighted by atomic mass is 9.96. The lowest BCUT2D eigenvalue weighted by molar-refractivity contribution is -0.185. The molecule has 0 unspecified atom stereocenters. The van der Waals surface area contributed by atoms with Gasteiger partial charge in [0.05, 0.1) is 12.0 Å². The second-order valence-electron chi connectivity index (χ2n) is 8.78. The summed E-state index contributed by atoms with van der Waals surface area (Å²) in [4.78, 5) is 26.8. The highest BCUT2D eigenvalue weighted by Gasteiger charge is 2.40. The summed E-state index contributed by atoms with van der Waals surface area (Å²) in [6, 6.07) is 11.1. The highest BCUT2D eigenvalue weighted by atomic mass is 32.1. The number of aromatic nitrogens is 1. The maximum atomic E-state index is 12.9. The summed E-state index contributed by atoms with van der Waals surface area (Å²) in [5, 5.41) is 23.2. The first-order chi connectivity index (χ1) is 18.7. The van der Waals surface area contributed by atoms with Crippen LogP contribution in [0.3, 0.4) is 0 Å². The Morgan fingerprint density at radius 3 is 2.64 bits per heavy atom. The van der Waals surface area contributed by atoms with Crippen molar-refractivity contribution in [3.8, 4) is 12.1 Å². The standard InChI is InChI=1S/C27H27F3N6O2S/c1-2-36-24(17-20(18-32)25(37)34-12-10-31)39-23(26(36)38)6-11-33-22-5-3-4-19(16-22)7-13-35-14-8-21(9-15-35)27(28,29)30/h3-5,11,16,21,33H,2,7-9,12-15H2,1H3,(H,34,37). The highest BCUT2D eigenvalue weighted by molar-refractivity contribution is 7.07. The molecule has 0 bridgehead atoms. The van der Waals surface area contributed by atoms with Crippen LogP contribution in [0.15, 0.2) is 40.8 Å². The van der Waals surface area contributed by atoms with Crippen LogP contribution in [-0.2, 0) is 17.8 Å². The van der Waals surface area contributed by atoms with Crippen molar-refractivity contribution in [3.63, 3.8) is 0 Å². The predicted molar refractivity (Wildman–Crippen MR) is 142 cm³/mol. The van der Waals surface area contributed by atoms with Gasteiger partial charge in [-0.3, -0.25) is 14.2 Å². The third-order valence-corrected chi connectivity index (χ3v) is 7.25.